The van der Waals surface area contributed by atoms with Crippen molar-refractivity contribution in [3.63, 3.8) is 0 Å². The van der Waals surface area contributed by atoms with E-state index >= 15 is 0 Å². The zero-order valence-corrected chi connectivity index (χ0v) is 15.8. The smallest absolute Gasteiger partial charge is 0.475 e. The molecule has 0 amide bonds. The van der Waals surface area contributed by atoms with E-state index in [1.165, 1.54) is 0 Å². The second-order valence-corrected chi connectivity index (χ2v) is 7.34. The van der Waals surface area contributed by atoms with Gasteiger partial charge in [-0.2, -0.15) is 13.2 Å². The van der Waals surface area contributed by atoms with Gasteiger partial charge >= 0.3 is 18.2 Å². The van der Waals surface area contributed by atoms with Gasteiger partial charge in [0.15, 0.2) is 0 Å². The van der Waals surface area contributed by atoms with Crippen LogP contribution in [-0.2, 0) is 14.3 Å². The lowest BCUT2D eigenvalue weighted by Crippen LogP contribution is -2.41. The van der Waals surface area contributed by atoms with Gasteiger partial charge in [-0.25, -0.2) is 14.8 Å². The van der Waals surface area contributed by atoms with Crippen molar-refractivity contribution in [2.75, 3.05) is 32.9 Å². The van der Waals surface area contributed by atoms with E-state index in [9.17, 15) is 13.2 Å². The molecule has 11 heteroatoms. The Balaban J connectivity index is 0.000000298. The van der Waals surface area contributed by atoms with Crippen LogP contribution in [0.1, 0.15) is 25.7 Å². The molecule has 3 aliphatic rings. The molecule has 3 fully saturated rings. The molecule has 1 aromatic heterocycles. The molecule has 0 aliphatic carbocycles. The van der Waals surface area contributed by atoms with E-state index < -0.39 is 12.1 Å². The molecule has 4 heterocycles. The molecular weight excluding hydrogens is 395 g/mol. The summed E-state index contributed by atoms with van der Waals surface area (Å²) in [5.74, 6) is -2.76. The molecule has 3 saturated heterocycles. The average molecular weight is 419 g/mol. The summed E-state index contributed by atoms with van der Waals surface area (Å²) in [4.78, 5) is 19.7. The van der Waals surface area contributed by atoms with Crippen LogP contribution in [0, 0.1) is 0 Å². The second-order valence-electron chi connectivity index (χ2n) is 7.34. The first kappa shape index (κ1) is 21.7. The van der Waals surface area contributed by atoms with Crippen LogP contribution in [-0.4, -0.2) is 82.8 Å². The molecule has 1 aromatic rings. The van der Waals surface area contributed by atoms with Crippen molar-refractivity contribution in [1.82, 2.24) is 14.9 Å². The molecule has 0 aromatic carbocycles. The minimum Gasteiger partial charge on any atom is -0.475 e. The molecule has 29 heavy (non-hydrogen) atoms. The number of carboxylic acids is 1. The Hall–Kier alpha value is -1.98. The molecule has 2 unspecified atom stereocenters. The molecule has 4 rings (SSSR count). The molecule has 0 saturated carbocycles. The number of hydrogen-bond donors (Lipinski definition) is 1. The Morgan fingerprint density at radius 3 is 2.55 bits per heavy atom. The van der Waals surface area contributed by atoms with E-state index in [-0.39, 0.29) is 11.7 Å². The van der Waals surface area contributed by atoms with Gasteiger partial charge in [0.25, 0.3) is 0 Å². The standard InChI is InChI=1S/C16H23N3O3.C2HF3O2/c1-5-17-15(18-6-1)22-14-10-16(21-11-14)4-7-19(12-16)13-2-8-20-9-3-13;3-2(4,5)1(6)7/h1,5-6,13-14H,2-4,7-12H2;(H,6,7). The summed E-state index contributed by atoms with van der Waals surface area (Å²) in [7, 11) is 0. The van der Waals surface area contributed by atoms with Gasteiger partial charge < -0.3 is 19.3 Å². The van der Waals surface area contributed by atoms with Crippen LogP contribution in [0.15, 0.2) is 18.5 Å². The molecule has 1 spiro atoms. The summed E-state index contributed by atoms with van der Waals surface area (Å²) in [6.45, 7) is 4.57. The maximum Gasteiger partial charge on any atom is 0.490 e. The molecular formula is C18H24F3N3O5. The summed E-state index contributed by atoms with van der Waals surface area (Å²) in [6, 6.07) is 2.91. The molecule has 2 atom stereocenters. The van der Waals surface area contributed by atoms with E-state index in [0.717, 1.165) is 52.0 Å². The number of likely N-dealkylation sites (tertiary alicyclic amines) is 1. The van der Waals surface area contributed by atoms with Crippen LogP contribution >= 0.6 is 0 Å². The first-order valence-corrected chi connectivity index (χ1v) is 9.47. The van der Waals surface area contributed by atoms with Crippen molar-refractivity contribution in [3.05, 3.63) is 18.5 Å². The maximum atomic E-state index is 10.6. The third-order valence-electron chi connectivity index (χ3n) is 5.28. The van der Waals surface area contributed by atoms with Gasteiger partial charge in [-0.05, 0) is 25.3 Å². The largest absolute Gasteiger partial charge is 0.490 e. The summed E-state index contributed by atoms with van der Waals surface area (Å²) in [6.07, 6.45) is 2.72. The zero-order valence-electron chi connectivity index (χ0n) is 15.8. The van der Waals surface area contributed by atoms with Crippen molar-refractivity contribution >= 4 is 5.97 Å². The summed E-state index contributed by atoms with van der Waals surface area (Å²) in [5.41, 5.74) is -0.0300. The van der Waals surface area contributed by atoms with Gasteiger partial charge in [0.2, 0.25) is 0 Å². The average Bonchev–Trinajstić information content (AvgIpc) is 3.30. The number of carbonyl (C=O) groups is 1. The van der Waals surface area contributed by atoms with Crippen LogP contribution in [0.25, 0.3) is 0 Å². The van der Waals surface area contributed by atoms with Gasteiger partial charge in [0.05, 0.1) is 12.2 Å². The van der Waals surface area contributed by atoms with E-state index in [0.29, 0.717) is 18.7 Å². The monoisotopic (exact) mass is 419 g/mol. The molecule has 3 aliphatic heterocycles. The molecule has 0 radical (unpaired) electrons. The van der Waals surface area contributed by atoms with Crippen LogP contribution in [0.3, 0.4) is 0 Å². The van der Waals surface area contributed by atoms with Crippen LogP contribution in [0.2, 0.25) is 0 Å². The quantitative estimate of drug-likeness (QED) is 0.794. The minimum absolute atomic E-state index is 0.0300. The summed E-state index contributed by atoms with van der Waals surface area (Å²) >= 11 is 0. The number of alkyl halides is 3. The predicted octanol–water partition coefficient (Wildman–Crippen LogP) is 1.90. The minimum atomic E-state index is -5.08. The maximum absolute atomic E-state index is 10.6. The molecule has 8 nitrogen and oxygen atoms in total. The van der Waals surface area contributed by atoms with Crippen molar-refractivity contribution in [1.29, 1.82) is 0 Å². The number of ether oxygens (including phenoxy) is 3. The fourth-order valence-corrected chi connectivity index (χ4v) is 3.90. The number of aliphatic carboxylic acids is 1. The first-order chi connectivity index (χ1) is 13.8. The van der Waals surface area contributed by atoms with Crippen molar-refractivity contribution < 1.29 is 37.3 Å². The van der Waals surface area contributed by atoms with Crippen LogP contribution < -0.4 is 4.74 Å². The van der Waals surface area contributed by atoms with E-state index in [2.05, 4.69) is 14.9 Å². The molecule has 1 N–H and O–H groups in total. The normalized spacial score (nSPS) is 28.2. The Kier molecular flexibility index (Phi) is 6.91. The highest BCUT2D eigenvalue weighted by atomic mass is 19.4. The molecule has 0 bridgehead atoms. The third kappa shape index (κ3) is 6.00. The number of halogens is 3. The Morgan fingerprint density at radius 1 is 1.28 bits per heavy atom. The van der Waals surface area contributed by atoms with Crippen molar-refractivity contribution in [2.24, 2.45) is 0 Å². The lowest BCUT2D eigenvalue weighted by Gasteiger charge is -2.32. The Morgan fingerprint density at radius 2 is 1.93 bits per heavy atom. The van der Waals surface area contributed by atoms with E-state index in [4.69, 9.17) is 24.1 Å². The zero-order chi connectivity index (χ0) is 20.9. The highest BCUT2D eigenvalue weighted by Gasteiger charge is 2.47. The van der Waals surface area contributed by atoms with Gasteiger partial charge in [-0.3, -0.25) is 4.90 Å². The number of hydrogen-bond acceptors (Lipinski definition) is 7. The van der Waals surface area contributed by atoms with Gasteiger partial charge in [0, 0.05) is 51.2 Å². The number of carboxylic acid groups (broad SMARTS) is 1. The summed E-state index contributed by atoms with van der Waals surface area (Å²) in [5, 5.41) is 7.12. The van der Waals surface area contributed by atoms with Gasteiger partial charge in [0.1, 0.15) is 6.10 Å². The second kappa shape index (κ2) is 9.23. The van der Waals surface area contributed by atoms with E-state index in [1.54, 1.807) is 18.5 Å². The van der Waals surface area contributed by atoms with Crippen LogP contribution in [0.4, 0.5) is 13.2 Å². The SMILES string of the molecule is O=C(O)C(F)(F)F.c1cnc(OC2COC3(CCN(C4CCOCC4)C3)C2)nc1. The fourth-order valence-electron chi connectivity index (χ4n) is 3.90. The Bertz CT molecular complexity index is 672. The van der Waals surface area contributed by atoms with E-state index in [1.807, 2.05) is 0 Å². The number of aromatic nitrogens is 2. The summed E-state index contributed by atoms with van der Waals surface area (Å²) < 4.78 is 49.2. The third-order valence-corrected chi connectivity index (χ3v) is 5.28. The fraction of sp³-hybridized carbons (Fsp3) is 0.722. The van der Waals surface area contributed by atoms with Crippen LogP contribution in [0.5, 0.6) is 6.01 Å². The Labute approximate surface area is 166 Å². The van der Waals surface area contributed by atoms with Gasteiger partial charge in [-0.1, -0.05) is 0 Å². The predicted molar refractivity (Wildman–Crippen MR) is 93.5 cm³/mol. The number of rotatable bonds is 3. The highest BCUT2D eigenvalue weighted by Crippen LogP contribution is 2.38. The van der Waals surface area contributed by atoms with Crippen molar-refractivity contribution in [2.45, 2.75) is 49.6 Å². The lowest BCUT2D eigenvalue weighted by molar-refractivity contribution is -0.192. The van der Waals surface area contributed by atoms with Crippen molar-refractivity contribution in [3.8, 4) is 6.01 Å². The number of nitrogens with zero attached hydrogens (tertiary/aromatic N) is 3. The van der Waals surface area contributed by atoms with Gasteiger partial charge in [-0.15, -0.1) is 0 Å². The highest BCUT2D eigenvalue weighted by molar-refractivity contribution is 5.73. The lowest BCUT2D eigenvalue weighted by atomic mass is 9.98. The molecule has 162 valence electrons. The topological polar surface area (TPSA) is 94.0 Å². The first-order valence-electron chi connectivity index (χ1n) is 9.47.